The fraction of sp³-hybridized carbons (Fsp3) is 0.444. The Labute approximate surface area is 207 Å². The van der Waals surface area contributed by atoms with Crippen LogP contribution in [0.4, 0.5) is 17.5 Å². The van der Waals surface area contributed by atoms with E-state index in [9.17, 15) is 0 Å². The van der Waals surface area contributed by atoms with Gasteiger partial charge in [0.1, 0.15) is 11.6 Å². The van der Waals surface area contributed by atoms with Crippen molar-refractivity contribution in [2.45, 2.75) is 32.1 Å². The Morgan fingerprint density at radius 1 is 1.03 bits per heavy atom. The fourth-order valence-electron chi connectivity index (χ4n) is 5.54. The average molecular weight is 473 g/mol. The van der Waals surface area contributed by atoms with Crippen molar-refractivity contribution in [2.75, 3.05) is 50.0 Å². The molecule has 184 valence electrons. The van der Waals surface area contributed by atoms with Gasteiger partial charge in [0.25, 0.3) is 0 Å². The van der Waals surface area contributed by atoms with Crippen LogP contribution in [0.1, 0.15) is 32.1 Å². The second-order valence-electron chi connectivity index (χ2n) is 9.93. The Bertz CT molecular complexity index is 1190. The molecule has 0 aromatic carbocycles. The van der Waals surface area contributed by atoms with Gasteiger partial charge in [0.05, 0.1) is 22.9 Å². The Morgan fingerprint density at radius 3 is 2.49 bits per heavy atom. The zero-order valence-corrected chi connectivity index (χ0v) is 20.8. The van der Waals surface area contributed by atoms with Gasteiger partial charge in [-0.2, -0.15) is 0 Å². The van der Waals surface area contributed by atoms with Crippen LogP contribution in [0.5, 0.6) is 0 Å². The van der Waals surface area contributed by atoms with Gasteiger partial charge in [0, 0.05) is 55.8 Å². The quantitative estimate of drug-likeness (QED) is 0.703. The molecular weight excluding hydrogens is 436 g/mol. The zero-order chi connectivity index (χ0) is 24.4. The minimum atomic E-state index is -0.0197. The third-order valence-electron chi connectivity index (χ3n) is 7.60. The van der Waals surface area contributed by atoms with Gasteiger partial charge in [-0.3, -0.25) is 0 Å². The molecule has 0 unspecified atom stereocenters. The first-order chi connectivity index (χ1) is 17.0. The van der Waals surface area contributed by atoms with E-state index in [1.165, 1.54) is 19.3 Å². The van der Waals surface area contributed by atoms with Gasteiger partial charge in [-0.1, -0.05) is 39.0 Å². The van der Waals surface area contributed by atoms with Crippen LogP contribution in [-0.4, -0.2) is 64.5 Å². The molecule has 0 atom stereocenters. The van der Waals surface area contributed by atoms with Crippen LogP contribution in [0.3, 0.4) is 0 Å². The van der Waals surface area contributed by atoms with Crippen molar-refractivity contribution in [1.29, 1.82) is 0 Å². The highest BCUT2D eigenvalue weighted by Gasteiger charge is 2.42. The SMILES string of the molecule is C=CN1C(=C)NCC2(CCCCC2)/C1=c1\nc(Nc2ccc(N3CCN(C)CC3)cn2)ncc1=C. The molecule has 1 saturated carbocycles. The Kier molecular flexibility index (Phi) is 6.47. The summed E-state index contributed by atoms with van der Waals surface area (Å²) in [5.74, 6) is 2.05. The number of aromatic nitrogens is 3. The smallest absolute Gasteiger partial charge is 0.228 e. The number of rotatable bonds is 4. The number of likely N-dealkylation sites (N-methyl/N-ethyl adjacent to an activating group) is 1. The number of anilines is 3. The fourth-order valence-corrected chi connectivity index (χ4v) is 5.54. The van der Waals surface area contributed by atoms with Crippen LogP contribution >= 0.6 is 0 Å². The van der Waals surface area contributed by atoms with Crippen molar-refractivity contribution < 1.29 is 0 Å². The highest BCUT2D eigenvalue weighted by atomic mass is 15.3. The molecule has 8 heteroatoms. The van der Waals surface area contributed by atoms with E-state index in [2.05, 4.69) is 68.2 Å². The number of nitrogens with zero attached hydrogens (tertiary/aromatic N) is 6. The van der Waals surface area contributed by atoms with Gasteiger partial charge in [-0.15, -0.1) is 0 Å². The van der Waals surface area contributed by atoms with E-state index >= 15 is 0 Å². The highest BCUT2D eigenvalue weighted by Crippen LogP contribution is 2.46. The van der Waals surface area contributed by atoms with E-state index in [1.54, 1.807) is 6.20 Å². The first kappa shape index (κ1) is 23.4. The summed E-state index contributed by atoms with van der Waals surface area (Å²) in [6, 6.07) is 4.10. The van der Waals surface area contributed by atoms with E-state index in [0.29, 0.717) is 5.95 Å². The van der Waals surface area contributed by atoms with Crippen LogP contribution in [0.25, 0.3) is 12.3 Å². The lowest BCUT2D eigenvalue weighted by molar-refractivity contribution is 0.210. The summed E-state index contributed by atoms with van der Waals surface area (Å²) in [6.07, 6.45) is 11.4. The van der Waals surface area contributed by atoms with E-state index in [-0.39, 0.29) is 5.41 Å². The molecule has 2 aromatic rings. The van der Waals surface area contributed by atoms with Gasteiger partial charge in [0.15, 0.2) is 0 Å². The zero-order valence-electron chi connectivity index (χ0n) is 20.8. The maximum absolute atomic E-state index is 4.96. The minimum absolute atomic E-state index is 0.0197. The minimum Gasteiger partial charge on any atom is -0.371 e. The van der Waals surface area contributed by atoms with Gasteiger partial charge in [-0.05, 0) is 32.0 Å². The molecule has 1 spiro atoms. The molecule has 35 heavy (non-hydrogen) atoms. The van der Waals surface area contributed by atoms with E-state index in [1.807, 2.05) is 18.5 Å². The van der Waals surface area contributed by atoms with Crippen molar-refractivity contribution in [3.63, 3.8) is 0 Å². The normalized spacial score (nSPS) is 22.1. The van der Waals surface area contributed by atoms with E-state index in [4.69, 9.17) is 4.98 Å². The van der Waals surface area contributed by atoms with E-state index < -0.39 is 0 Å². The molecule has 4 heterocycles. The van der Waals surface area contributed by atoms with Gasteiger partial charge in [-0.25, -0.2) is 15.0 Å². The Morgan fingerprint density at radius 2 is 1.80 bits per heavy atom. The molecule has 2 saturated heterocycles. The molecule has 0 radical (unpaired) electrons. The average Bonchev–Trinajstić information content (AvgIpc) is 2.88. The second kappa shape index (κ2) is 9.70. The number of piperazine rings is 1. The number of pyridine rings is 1. The molecule has 8 nitrogen and oxygen atoms in total. The second-order valence-corrected chi connectivity index (χ2v) is 9.93. The highest BCUT2D eigenvalue weighted by molar-refractivity contribution is 5.58. The first-order valence-electron chi connectivity index (χ1n) is 12.6. The Hall–Kier alpha value is -3.39. The predicted octanol–water partition coefficient (Wildman–Crippen LogP) is 2.36. The molecule has 0 bridgehead atoms. The van der Waals surface area contributed by atoms with E-state index in [0.717, 1.165) is 79.2 Å². The van der Waals surface area contributed by atoms with Crippen molar-refractivity contribution in [1.82, 2.24) is 30.1 Å². The largest absolute Gasteiger partial charge is 0.371 e. The summed E-state index contributed by atoms with van der Waals surface area (Å²) in [6.45, 7) is 17.6. The van der Waals surface area contributed by atoms with Crippen LogP contribution in [-0.2, 0) is 0 Å². The van der Waals surface area contributed by atoms with Gasteiger partial charge in [0.2, 0.25) is 5.95 Å². The molecule has 3 aliphatic rings. The maximum atomic E-state index is 4.96. The topological polar surface area (TPSA) is 72.5 Å². The molecule has 0 amide bonds. The van der Waals surface area contributed by atoms with Crippen molar-refractivity contribution in [2.24, 2.45) is 5.41 Å². The number of nitrogens with one attached hydrogen (secondary N) is 2. The third-order valence-corrected chi connectivity index (χ3v) is 7.60. The summed E-state index contributed by atoms with van der Waals surface area (Å²) in [5.41, 5.74) is 2.25. The molecule has 1 aliphatic carbocycles. The summed E-state index contributed by atoms with van der Waals surface area (Å²) in [5, 5.41) is 8.44. The van der Waals surface area contributed by atoms with Crippen molar-refractivity contribution >= 4 is 29.7 Å². The van der Waals surface area contributed by atoms with Crippen LogP contribution in [0, 0.1) is 5.41 Å². The summed E-state index contributed by atoms with van der Waals surface area (Å²) >= 11 is 0. The molecule has 5 rings (SSSR count). The lowest BCUT2D eigenvalue weighted by Crippen LogP contribution is -2.53. The third kappa shape index (κ3) is 4.62. The predicted molar refractivity (Wildman–Crippen MR) is 142 cm³/mol. The summed E-state index contributed by atoms with van der Waals surface area (Å²) in [4.78, 5) is 20.9. The van der Waals surface area contributed by atoms with Crippen LogP contribution < -0.4 is 26.1 Å². The lowest BCUT2D eigenvalue weighted by Gasteiger charge is -2.48. The van der Waals surface area contributed by atoms with Crippen molar-refractivity contribution in [3.05, 3.63) is 60.3 Å². The monoisotopic (exact) mass is 472 g/mol. The summed E-state index contributed by atoms with van der Waals surface area (Å²) < 4.78 is 0. The molecule has 2 aromatic heterocycles. The first-order valence-corrected chi connectivity index (χ1v) is 12.6. The molecule has 2 aliphatic heterocycles. The van der Waals surface area contributed by atoms with Crippen LogP contribution in [0.2, 0.25) is 0 Å². The van der Waals surface area contributed by atoms with Gasteiger partial charge >= 0.3 is 0 Å². The van der Waals surface area contributed by atoms with Gasteiger partial charge < -0.3 is 25.3 Å². The lowest BCUT2D eigenvalue weighted by atomic mass is 9.70. The number of hydrogen-bond acceptors (Lipinski definition) is 8. The van der Waals surface area contributed by atoms with Crippen LogP contribution in [0.15, 0.2) is 49.7 Å². The number of hydrogen-bond donors (Lipinski definition) is 2. The maximum Gasteiger partial charge on any atom is 0.228 e. The standard InChI is InChI=1S/C27H36N8/c1-5-35-21(3)30-19-27(11-7-6-8-12-27)25(35)24-20(2)17-29-26(32-24)31-23-10-9-22(18-28-23)34-15-13-33(4)14-16-34/h5,9-10,17-18,30H,1-3,6-8,11-16,19H2,4H3,(H,28,31,32)/b25-24+. The molecule has 2 N–H and O–H groups in total. The Balaban J connectivity index is 1.47. The van der Waals surface area contributed by atoms with Crippen molar-refractivity contribution in [3.8, 4) is 0 Å². The molecule has 3 fully saturated rings. The summed E-state index contributed by atoms with van der Waals surface area (Å²) in [7, 11) is 2.16. The molecular formula is C27H36N8.